The Morgan fingerprint density at radius 2 is 1.93 bits per heavy atom. The summed E-state index contributed by atoms with van der Waals surface area (Å²) in [6.45, 7) is 4.59. The van der Waals surface area contributed by atoms with Crippen molar-refractivity contribution in [2.75, 3.05) is 18.5 Å². The van der Waals surface area contributed by atoms with Gasteiger partial charge in [-0.25, -0.2) is 0 Å². The summed E-state index contributed by atoms with van der Waals surface area (Å²) in [7, 11) is 0. The maximum absolute atomic E-state index is 12.8. The van der Waals surface area contributed by atoms with Gasteiger partial charge in [-0.1, -0.05) is 23.2 Å². The molecule has 2 amide bonds. The highest BCUT2D eigenvalue weighted by atomic mass is 35.5. The molecule has 0 aromatic heterocycles. The molecule has 2 aromatic carbocycles. The number of aryl methyl sites for hydroxylation is 1. The van der Waals surface area contributed by atoms with Crippen LogP contribution in [0.3, 0.4) is 0 Å². The number of halogens is 2. The zero-order valence-corrected chi connectivity index (χ0v) is 18.0. The maximum atomic E-state index is 12.8. The van der Waals surface area contributed by atoms with Crippen molar-refractivity contribution in [3.63, 3.8) is 0 Å². The molecule has 2 aromatic rings. The second kappa shape index (κ2) is 9.51. The Kier molecular flexibility index (Phi) is 7.04. The summed E-state index contributed by atoms with van der Waals surface area (Å²) in [4.78, 5) is 27.0. The average molecular weight is 435 g/mol. The van der Waals surface area contributed by atoms with E-state index in [-0.39, 0.29) is 24.5 Å². The molecule has 154 valence electrons. The summed E-state index contributed by atoms with van der Waals surface area (Å²) in [5.74, 6) is 0.201. The number of nitrogens with one attached hydrogen (secondary N) is 1. The second-order valence-corrected chi connectivity index (χ2v) is 8.10. The summed E-state index contributed by atoms with van der Waals surface area (Å²) >= 11 is 11.8. The summed E-state index contributed by atoms with van der Waals surface area (Å²) in [6, 6.07) is 10.4. The third-order valence-electron chi connectivity index (χ3n) is 5.07. The van der Waals surface area contributed by atoms with Gasteiger partial charge in [-0.2, -0.15) is 0 Å². The topological polar surface area (TPSA) is 58.6 Å². The predicted octanol–water partition coefficient (Wildman–Crippen LogP) is 5.33. The van der Waals surface area contributed by atoms with Crippen LogP contribution < -0.4 is 10.1 Å². The summed E-state index contributed by atoms with van der Waals surface area (Å²) in [5, 5.41) is 3.60. The van der Waals surface area contributed by atoms with Crippen LogP contribution in [0, 0.1) is 6.92 Å². The number of likely N-dealkylation sites (tertiary alicyclic amines) is 1. The van der Waals surface area contributed by atoms with E-state index in [1.54, 1.807) is 30.3 Å². The number of anilines is 1. The number of nitrogens with zero attached hydrogens (tertiary/aromatic N) is 1. The lowest BCUT2D eigenvalue weighted by Crippen LogP contribution is -2.42. The molecule has 5 nitrogen and oxygen atoms in total. The molecule has 7 heteroatoms. The van der Waals surface area contributed by atoms with Gasteiger partial charge >= 0.3 is 0 Å². The standard InChI is InChI=1S/C22H24Cl2N2O3/c1-14-11-16(22(28)26-10-4-3-5-15(26)2)6-9-20(14)25-21(27)13-29-17-7-8-18(23)19(24)12-17/h6-9,11-12,15H,3-5,10,13H2,1-2H3,(H,25,27). The van der Waals surface area contributed by atoms with Gasteiger partial charge in [-0.05, 0) is 69.0 Å². The van der Waals surface area contributed by atoms with Gasteiger partial charge in [0.1, 0.15) is 5.75 Å². The number of carbonyl (C=O) groups is 2. The Bertz CT molecular complexity index is 917. The molecule has 1 aliphatic heterocycles. The Labute approximate surface area is 180 Å². The number of rotatable bonds is 5. The molecule has 0 spiro atoms. The zero-order valence-electron chi connectivity index (χ0n) is 16.5. The predicted molar refractivity (Wildman–Crippen MR) is 116 cm³/mol. The lowest BCUT2D eigenvalue weighted by atomic mass is 10.0. The van der Waals surface area contributed by atoms with Crippen molar-refractivity contribution in [2.45, 2.75) is 39.2 Å². The summed E-state index contributed by atoms with van der Waals surface area (Å²) in [6.07, 6.45) is 3.25. The number of piperidine rings is 1. The molecule has 29 heavy (non-hydrogen) atoms. The van der Waals surface area contributed by atoms with E-state index in [2.05, 4.69) is 12.2 Å². The van der Waals surface area contributed by atoms with Gasteiger partial charge in [0.15, 0.2) is 6.61 Å². The highest BCUT2D eigenvalue weighted by Crippen LogP contribution is 2.26. The van der Waals surface area contributed by atoms with Crippen molar-refractivity contribution < 1.29 is 14.3 Å². The van der Waals surface area contributed by atoms with Gasteiger partial charge in [0.2, 0.25) is 0 Å². The smallest absolute Gasteiger partial charge is 0.262 e. The molecule has 0 radical (unpaired) electrons. The molecule has 3 rings (SSSR count). The number of ether oxygens (including phenoxy) is 1. The third kappa shape index (κ3) is 5.43. The van der Waals surface area contributed by atoms with Crippen molar-refractivity contribution in [2.24, 2.45) is 0 Å². The highest BCUT2D eigenvalue weighted by molar-refractivity contribution is 6.42. The molecule has 0 bridgehead atoms. The fraction of sp³-hybridized carbons (Fsp3) is 0.364. The van der Waals surface area contributed by atoms with Crippen molar-refractivity contribution >= 4 is 40.7 Å². The van der Waals surface area contributed by atoms with E-state index < -0.39 is 0 Å². The van der Waals surface area contributed by atoms with Crippen LogP contribution in [0.4, 0.5) is 5.69 Å². The van der Waals surface area contributed by atoms with Crippen LogP contribution in [0.5, 0.6) is 5.75 Å². The van der Waals surface area contributed by atoms with Crippen molar-refractivity contribution in [3.8, 4) is 5.75 Å². The van der Waals surface area contributed by atoms with Crippen LogP contribution in [0.25, 0.3) is 0 Å². The Hall–Kier alpha value is -2.24. The van der Waals surface area contributed by atoms with Crippen LogP contribution in [0.2, 0.25) is 10.0 Å². The van der Waals surface area contributed by atoms with E-state index in [4.69, 9.17) is 27.9 Å². The summed E-state index contributed by atoms with van der Waals surface area (Å²) in [5.41, 5.74) is 2.11. The Balaban J connectivity index is 1.60. The third-order valence-corrected chi connectivity index (χ3v) is 5.81. The maximum Gasteiger partial charge on any atom is 0.262 e. The molecular weight excluding hydrogens is 411 g/mol. The molecular formula is C22H24Cl2N2O3. The average Bonchev–Trinajstić information content (AvgIpc) is 2.70. The van der Waals surface area contributed by atoms with E-state index in [0.717, 1.165) is 24.9 Å². The van der Waals surface area contributed by atoms with Gasteiger partial charge in [0.05, 0.1) is 10.0 Å². The number of carbonyl (C=O) groups excluding carboxylic acids is 2. The van der Waals surface area contributed by atoms with Crippen LogP contribution >= 0.6 is 23.2 Å². The number of hydrogen-bond acceptors (Lipinski definition) is 3. The lowest BCUT2D eigenvalue weighted by molar-refractivity contribution is -0.118. The quantitative estimate of drug-likeness (QED) is 0.690. The van der Waals surface area contributed by atoms with E-state index in [1.165, 1.54) is 6.42 Å². The van der Waals surface area contributed by atoms with E-state index in [0.29, 0.717) is 27.0 Å². The first kappa shape index (κ1) is 21.5. The van der Waals surface area contributed by atoms with Crippen molar-refractivity contribution in [1.82, 2.24) is 4.90 Å². The zero-order chi connectivity index (χ0) is 21.0. The monoisotopic (exact) mass is 434 g/mol. The Morgan fingerprint density at radius 1 is 1.14 bits per heavy atom. The van der Waals surface area contributed by atoms with Crippen molar-refractivity contribution in [3.05, 3.63) is 57.6 Å². The van der Waals surface area contributed by atoms with Gasteiger partial charge in [0, 0.05) is 29.9 Å². The molecule has 0 aliphatic carbocycles. The van der Waals surface area contributed by atoms with Crippen molar-refractivity contribution in [1.29, 1.82) is 0 Å². The molecule has 1 heterocycles. The minimum absolute atomic E-state index is 0.0427. The summed E-state index contributed by atoms with van der Waals surface area (Å²) < 4.78 is 5.45. The van der Waals surface area contributed by atoms with Crippen LogP contribution in [-0.2, 0) is 4.79 Å². The molecule has 0 saturated carbocycles. The molecule has 1 N–H and O–H groups in total. The first-order chi connectivity index (χ1) is 13.8. The van der Waals surface area contributed by atoms with E-state index in [9.17, 15) is 9.59 Å². The minimum Gasteiger partial charge on any atom is -0.484 e. The molecule has 1 atom stereocenters. The minimum atomic E-state index is -0.303. The SMILES string of the molecule is Cc1cc(C(=O)N2CCCCC2C)ccc1NC(=O)COc1ccc(Cl)c(Cl)c1. The van der Waals surface area contributed by atoms with Crippen LogP contribution in [0.1, 0.15) is 42.1 Å². The van der Waals surface area contributed by atoms with Gasteiger partial charge in [-0.3, -0.25) is 9.59 Å². The van der Waals surface area contributed by atoms with Gasteiger partial charge in [-0.15, -0.1) is 0 Å². The highest BCUT2D eigenvalue weighted by Gasteiger charge is 2.24. The van der Waals surface area contributed by atoms with E-state index >= 15 is 0 Å². The lowest BCUT2D eigenvalue weighted by Gasteiger charge is -2.33. The second-order valence-electron chi connectivity index (χ2n) is 7.29. The van der Waals surface area contributed by atoms with Gasteiger partial charge in [0.25, 0.3) is 11.8 Å². The van der Waals surface area contributed by atoms with Gasteiger partial charge < -0.3 is 15.0 Å². The number of hydrogen-bond donors (Lipinski definition) is 1. The molecule has 1 saturated heterocycles. The fourth-order valence-corrected chi connectivity index (χ4v) is 3.69. The van der Waals surface area contributed by atoms with E-state index in [1.807, 2.05) is 17.9 Å². The first-order valence-electron chi connectivity index (χ1n) is 9.64. The largest absolute Gasteiger partial charge is 0.484 e. The fourth-order valence-electron chi connectivity index (χ4n) is 3.40. The normalized spacial score (nSPS) is 16.4. The Morgan fingerprint density at radius 3 is 2.62 bits per heavy atom. The molecule has 1 fully saturated rings. The van der Waals surface area contributed by atoms with Crippen LogP contribution in [-0.4, -0.2) is 35.9 Å². The molecule has 1 aliphatic rings. The number of amides is 2. The molecule has 1 unspecified atom stereocenters. The van der Waals surface area contributed by atoms with Crippen LogP contribution in [0.15, 0.2) is 36.4 Å². The first-order valence-corrected chi connectivity index (χ1v) is 10.4. The number of benzene rings is 2.